The molecule has 1 aromatic heterocycles. The van der Waals surface area contributed by atoms with Crippen LogP contribution in [0.3, 0.4) is 0 Å². The maximum absolute atomic E-state index is 12.3. The van der Waals surface area contributed by atoms with Gasteiger partial charge >= 0.3 is 6.36 Å². The van der Waals surface area contributed by atoms with E-state index in [0.29, 0.717) is 0 Å². The first-order valence-corrected chi connectivity index (χ1v) is 5.81. The molecule has 112 valence electrons. The minimum Gasteiger partial charge on any atom is -0.480 e. The third-order valence-electron chi connectivity index (χ3n) is 2.59. The first-order valence-electron chi connectivity index (χ1n) is 5.81. The third-order valence-corrected chi connectivity index (χ3v) is 2.59. The number of hydrogen-bond donors (Lipinski definition) is 1. The van der Waals surface area contributed by atoms with E-state index in [0.717, 1.165) is 6.07 Å². The zero-order valence-corrected chi connectivity index (χ0v) is 10.8. The summed E-state index contributed by atoms with van der Waals surface area (Å²) in [6, 6.07) is 8.13. The van der Waals surface area contributed by atoms with Gasteiger partial charge in [0.2, 0.25) is 5.88 Å². The van der Waals surface area contributed by atoms with Crippen LogP contribution in [0.15, 0.2) is 36.4 Å². The number of aliphatic hydroxyl groups is 1. The molecular formula is C13H11F3N2O3. The molecular weight excluding hydrogens is 289 g/mol. The van der Waals surface area contributed by atoms with Crippen LogP contribution in [0, 0.1) is 0 Å². The SMILES string of the molecule is COc1ccc(C(O)c2ccccc2OC(F)(F)F)nn1. The summed E-state index contributed by atoms with van der Waals surface area (Å²) < 4.78 is 45.7. The van der Waals surface area contributed by atoms with Gasteiger partial charge in [-0.1, -0.05) is 18.2 Å². The second-order valence-corrected chi connectivity index (χ2v) is 3.99. The van der Waals surface area contributed by atoms with Gasteiger partial charge < -0.3 is 14.6 Å². The molecule has 2 rings (SSSR count). The van der Waals surface area contributed by atoms with Crippen molar-refractivity contribution in [3.63, 3.8) is 0 Å². The summed E-state index contributed by atoms with van der Waals surface area (Å²) in [5.41, 5.74) is 0.0170. The maximum Gasteiger partial charge on any atom is 0.573 e. The fourth-order valence-corrected chi connectivity index (χ4v) is 1.67. The van der Waals surface area contributed by atoms with Gasteiger partial charge in [-0.05, 0) is 12.1 Å². The van der Waals surface area contributed by atoms with Crippen molar-refractivity contribution in [2.45, 2.75) is 12.5 Å². The topological polar surface area (TPSA) is 64.5 Å². The van der Waals surface area contributed by atoms with Gasteiger partial charge in [-0.15, -0.1) is 23.4 Å². The van der Waals surface area contributed by atoms with E-state index >= 15 is 0 Å². The Morgan fingerprint density at radius 3 is 2.38 bits per heavy atom. The monoisotopic (exact) mass is 300 g/mol. The van der Waals surface area contributed by atoms with Crippen LogP contribution in [-0.4, -0.2) is 28.8 Å². The number of aromatic nitrogens is 2. The lowest BCUT2D eigenvalue weighted by molar-refractivity contribution is -0.275. The van der Waals surface area contributed by atoms with Crippen LogP contribution in [0.4, 0.5) is 13.2 Å². The van der Waals surface area contributed by atoms with Gasteiger partial charge in [0.25, 0.3) is 0 Å². The average Bonchev–Trinajstić information content (AvgIpc) is 2.45. The average molecular weight is 300 g/mol. The minimum atomic E-state index is -4.85. The number of methoxy groups -OCH3 is 1. The first-order chi connectivity index (χ1) is 9.90. The number of benzene rings is 1. The van der Waals surface area contributed by atoms with E-state index in [1.54, 1.807) is 0 Å². The van der Waals surface area contributed by atoms with Crippen LogP contribution >= 0.6 is 0 Å². The summed E-state index contributed by atoms with van der Waals surface area (Å²) in [7, 11) is 1.40. The van der Waals surface area contributed by atoms with Crippen molar-refractivity contribution in [2.75, 3.05) is 7.11 Å². The van der Waals surface area contributed by atoms with Crippen LogP contribution in [-0.2, 0) is 0 Å². The highest BCUT2D eigenvalue weighted by atomic mass is 19.4. The van der Waals surface area contributed by atoms with E-state index in [-0.39, 0.29) is 17.1 Å². The van der Waals surface area contributed by atoms with Crippen LogP contribution in [0.25, 0.3) is 0 Å². The molecule has 0 aliphatic carbocycles. The van der Waals surface area contributed by atoms with Crippen molar-refractivity contribution in [1.29, 1.82) is 0 Å². The number of halogens is 3. The normalized spacial score (nSPS) is 12.8. The summed E-state index contributed by atoms with van der Waals surface area (Å²) in [6.45, 7) is 0. The lowest BCUT2D eigenvalue weighted by atomic mass is 10.1. The van der Waals surface area contributed by atoms with Crippen LogP contribution in [0.1, 0.15) is 17.4 Å². The van der Waals surface area contributed by atoms with Crippen molar-refractivity contribution < 1.29 is 27.8 Å². The predicted octanol–water partition coefficient (Wildman–Crippen LogP) is 2.47. The highest BCUT2D eigenvalue weighted by Gasteiger charge is 2.33. The molecule has 0 radical (unpaired) electrons. The lowest BCUT2D eigenvalue weighted by Gasteiger charge is -2.16. The van der Waals surface area contributed by atoms with E-state index in [2.05, 4.69) is 14.9 Å². The second-order valence-electron chi connectivity index (χ2n) is 3.99. The number of ether oxygens (including phenoxy) is 2. The summed E-state index contributed by atoms with van der Waals surface area (Å²) in [6.07, 6.45) is -6.25. The number of para-hydroxylation sites is 1. The molecule has 0 saturated carbocycles. The summed E-state index contributed by atoms with van der Waals surface area (Å²) in [5, 5.41) is 17.5. The zero-order chi connectivity index (χ0) is 15.5. The minimum absolute atomic E-state index is 0.0608. The molecule has 8 heteroatoms. The Kier molecular flexibility index (Phi) is 4.27. The molecule has 1 N–H and O–H groups in total. The first kappa shape index (κ1) is 15.0. The molecule has 2 aromatic rings. The van der Waals surface area contributed by atoms with Crippen molar-refractivity contribution in [1.82, 2.24) is 10.2 Å². The number of nitrogens with zero attached hydrogens (tertiary/aromatic N) is 2. The maximum atomic E-state index is 12.3. The highest BCUT2D eigenvalue weighted by molar-refractivity contribution is 5.38. The van der Waals surface area contributed by atoms with Crippen LogP contribution in [0.2, 0.25) is 0 Å². The van der Waals surface area contributed by atoms with E-state index in [1.165, 1.54) is 37.4 Å². The number of hydrogen-bond acceptors (Lipinski definition) is 5. The van der Waals surface area contributed by atoms with E-state index in [9.17, 15) is 18.3 Å². The van der Waals surface area contributed by atoms with Gasteiger partial charge in [-0.2, -0.15) is 0 Å². The highest BCUT2D eigenvalue weighted by Crippen LogP contribution is 2.32. The zero-order valence-electron chi connectivity index (χ0n) is 10.8. The van der Waals surface area contributed by atoms with Gasteiger partial charge in [-0.3, -0.25) is 0 Å². The van der Waals surface area contributed by atoms with Crippen molar-refractivity contribution in [3.8, 4) is 11.6 Å². The molecule has 0 bridgehead atoms. The largest absolute Gasteiger partial charge is 0.573 e. The third kappa shape index (κ3) is 3.82. The van der Waals surface area contributed by atoms with Crippen molar-refractivity contribution >= 4 is 0 Å². The van der Waals surface area contributed by atoms with Gasteiger partial charge in [-0.25, -0.2) is 0 Å². The molecule has 5 nitrogen and oxygen atoms in total. The molecule has 0 saturated heterocycles. The van der Waals surface area contributed by atoms with Crippen molar-refractivity contribution in [2.24, 2.45) is 0 Å². The molecule has 1 aromatic carbocycles. The van der Waals surface area contributed by atoms with Gasteiger partial charge in [0.1, 0.15) is 11.9 Å². The summed E-state index contributed by atoms with van der Waals surface area (Å²) in [4.78, 5) is 0. The molecule has 1 unspecified atom stereocenters. The molecule has 0 fully saturated rings. The Morgan fingerprint density at radius 1 is 1.10 bits per heavy atom. The molecule has 0 amide bonds. The Hall–Kier alpha value is -2.35. The lowest BCUT2D eigenvalue weighted by Crippen LogP contribution is -2.19. The quantitative estimate of drug-likeness (QED) is 0.939. The van der Waals surface area contributed by atoms with Crippen LogP contribution in [0.5, 0.6) is 11.6 Å². The van der Waals surface area contributed by atoms with E-state index < -0.39 is 18.2 Å². The van der Waals surface area contributed by atoms with Crippen molar-refractivity contribution in [3.05, 3.63) is 47.7 Å². The van der Waals surface area contributed by atoms with E-state index in [4.69, 9.17) is 4.74 Å². The molecule has 0 aliphatic heterocycles. The number of aliphatic hydroxyl groups excluding tert-OH is 1. The number of alkyl halides is 3. The van der Waals surface area contributed by atoms with Gasteiger partial charge in [0, 0.05) is 11.6 Å². The predicted molar refractivity (Wildman–Crippen MR) is 65.8 cm³/mol. The smallest absolute Gasteiger partial charge is 0.480 e. The Balaban J connectivity index is 2.31. The standard InChI is InChI=1S/C13H11F3N2O3/c1-20-11-7-6-9(17-18-11)12(19)8-4-2-3-5-10(8)21-13(14,15)16/h2-7,12,19H,1H3. The molecule has 1 heterocycles. The summed E-state index contributed by atoms with van der Waals surface area (Å²) >= 11 is 0. The Labute approximate surface area is 118 Å². The van der Waals surface area contributed by atoms with Gasteiger partial charge in [0.05, 0.1) is 12.8 Å². The molecule has 1 atom stereocenters. The van der Waals surface area contributed by atoms with Crippen LogP contribution < -0.4 is 9.47 Å². The van der Waals surface area contributed by atoms with Gasteiger partial charge in [0.15, 0.2) is 0 Å². The second kappa shape index (κ2) is 5.96. The Morgan fingerprint density at radius 2 is 1.81 bits per heavy atom. The Bertz CT molecular complexity index is 602. The fraction of sp³-hybridized carbons (Fsp3) is 0.231. The van der Waals surface area contributed by atoms with E-state index in [1.807, 2.05) is 0 Å². The molecule has 21 heavy (non-hydrogen) atoms. The number of rotatable bonds is 4. The summed E-state index contributed by atoms with van der Waals surface area (Å²) in [5.74, 6) is -0.263. The fourth-order valence-electron chi connectivity index (χ4n) is 1.67. The molecule has 0 spiro atoms. The molecule has 0 aliphatic rings.